The van der Waals surface area contributed by atoms with Gasteiger partial charge >= 0.3 is 0 Å². The lowest BCUT2D eigenvalue weighted by Gasteiger charge is -2.36. The molecular formula is C34H32ClN3O5. The zero-order valence-electron chi connectivity index (χ0n) is 23.7. The predicted octanol–water partition coefficient (Wildman–Crippen LogP) is 5.05. The molecule has 1 saturated heterocycles. The van der Waals surface area contributed by atoms with E-state index in [4.69, 9.17) is 26.8 Å². The first-order chi connectivity index (χ1) is 20.8. The summed E-state index contributed by atoms with van der Waals surface area (Å²) in [6.45, 7) is 2.33. The fourth-order valence-corrected chi connectivity index (χ4v) is 6.34. The summed E-state index contributed by atoms with van der Waals surface area (Å²) in [5.74, 6) is 0.0241. The average molecular weight is 598 g/mol. The molecule has 0 radical (unpaired) electrons. The molecule has 6 rings (SSSR count). The number of primary amides is 1. The molecule has 3 atom stereocenters. The molecule has 220 valence electrons. The number of fused-ring (bicyclic) bond motifs is 2. The van der Waals surface area contributed by atoms with Crippen LogP contribution >= 0.6 is 11.6 Å². The predicted molar refractivity (Wildman–Crippen MR) is 164 cm³/mol. The summed E-state index contributed by atoms with van der Waals surface area (Å²) >= 11 is 6.38. The number of carbonyl (C=O) groups is 3. The minimum Gasteiger partial charge on any atom is -0.454 e. The van der Waals surface area contributed by atoms with Gasteiger partial charge in [0, 0.05) is 24.0 Å². The number of ether oxygens (including phenoxy) is 2. The van der Waals surface area contributed by atoms with Crippen molar-refractivity contribution in [3.05, 3.63) is 107 Å². The zero-order chi connectivity index (χ0) is 30.1. The van der Waals surface area contributed by atoms with Crippen molar-refractivity contribution in [1.82, 2.24) is 9.80 Å². The van der Waals surface area contributed by atoms with Crippen LogP contribution in [0.1, 0.15) is 36.1 Å². The fraction of sp³-hybridized carbons (Fsp3) is 0.265. The number of carbonyl (C=O) groups excluding carboxylic acids is 3. The summed E-state index contributed by atoms with van der Waals surface area (Å²) in [6, 6.07) is 24.0. The van der Waals surface area contributed by atoms with Crippen LogP contribution in [-0.2, 0) is 27.2 Å². The van der Waals surface area contributed by atoms with Crippen molar-refractivity contribution >= 4 is 40.1 Å². The minimum atomic E-state index is -0.993. The summed E-state index contributed by atoms with van der Waals surface area (Å²) in [5.41, 5.74) is 8.23. The van der Waals surface area contributed by atoms with Gasteiger partial charge in [-0.1, -0.05) is 72.3 Å². The van der Waals surface area contributed by atoms with Crippen molar-refractivity contribution in [2.24, 2.45) is 5.73 Å². The van der Waals surface area contributed by atoms with Gasteiger partial charge in [0.25, 0.3) is 5.91 Å². The Labute approximate surface area is 254 Å². The third kappa shape index (κ3) is 5.75. The maximum Gasteiger partial charge on any atom is 0.250 e. The molecule has 2 aliphatic rings. The molecule has 3 amide bonds. The first-order valence-corrected chi connectivity index (χ1v) is 14.7. The van der Waals surface area contributed by atoms with E-state index in [1.807, 2.05) is 55.5 Å². The quantitative estimate of drug-likeness (QED) is 0.321. The number of amides is 3. The van der Waals surface area contributed by atoms with Crippen molar-refractivity contribution in [2.45, 2.75) is 44.3 Å². The SMILES string of the molecule is C[C@@H]1CCN([C@H](Cc2cccc3ccccc23)C(N)=O)C(=O)[C@H](c2cccc(Cl)c2)N1C(=O)Cc1ccc2c(c1)OCO2. The van der Waals surface area contributed by atoms with E-state index in [9.17, 15) is 14.4 Å². The van der Waals surface area contributed by atoms with Crippen molar-refractivity contribution in [2.75, 3.05) is 13.3 Å². The van der Waals surface area contributed by atoms with E-state index in [1.165, 1.54) is 0 Å². The molecule has 2 aliphatic heterocycles. The van der Waals surface area contributed by atoms with Crippen LogP contribution in [0.4, 0.5) is 0 Å². The van der Waals surface area contributed by atoms with E-state index in [1.54, 1.807) is 46.2 Å². The van der Waals surface area contributed by atoms with Gasteiger partial charge in [-0.3, -0.25) is 14.4 Å². The van der Waals surface area contributed by atoms with Crippen LogP contribution in [0.15, 0.2) is 84.9 Å². The number of hydrogen-bond donors (Lipinski definition) is 1. The van der Waals surface area contributed by atoms with Crippen LogP contribution in [0.25, 0.3) is 10.8 Å². The maximum absolute atomic E-state index is 14.6. The molecule has 43 heavy (non-hydrogen) atoms. The van der Waals surface area contributed by atoms with Crippen molar-refractivity contribution < 1.29 is 23.9 Å². The maximum atomic E-state index is 14.6. The van der Waals surface area contributed by atoms with Crippen LogP contribution in [-0.4, -0.2) is 52.9 Å². The van der Waals surface area contributed by atoms with Crippen LogP contribution in [0.3, 0.4) is 0 Å². The third-order valence-electron chi connectivity index (χ3n) is 8.30. The van der Waals surface area contributed by atoms with Gasteiger partial charge in [-0.15, -0.1) is 0 Å². The standard InChI is InChI=1S/C34H32ClN3O5/c1-21-14-15-37(28(33(36)40)19-24-8-4-7-23-6-2-3-11-27(23)24)34(41)32(25-9-5-10-26(35)18-25)38(21)31(39)17-22-12-13-29-30(16-22)43-20-42-29/h2-13,16,18,21,28,32H,14-15,17,19-20H2,1H3,(H2,36,40)/t21-,28-,32+/m1/s1. The van der Waals surface area contributed by atoms with Crippen molar-refractivity contribution in [3.8, 4) is 11.5 Å². The second-order valence-electron chi connectivity index (χ2n) is 11.1. The summed E-state index contributed by atoms with van der Waals surface area (Å²) < 4.78 is 10.9. The lowest BCUT2D eigenvalue weighted by molar-refractivity contribution is -0.148. The van der Waals surface area contributed by atoms with Gasteiger partial charge in [-0.05, 0) is 65.1 Å². The van der Waals surface area contributed by atoms with E-state index in [-0.39, 0.29) is 44.0 Å². The molecular weight excluding hydrogens is 566 g/mol. The van der Waals surface area contributed by atoms with E-state index < -0.39 is 18.0 Å². The lowest BCUT2D eigenvalue weighted by atomic mass is 9.96. The van der Waals surface area contributed by atoms with Crippen LogP contribution in [0.5, 0.6) is 11.5 Å². The second-order valence-corrected chi connectivity index (χ2v) is 11.5. The Morgan fingerprint density at radius 2 is 1.74 bits per heavy atom. The number of halogens is 1. The van der Waals surface area contributed by atoms with E-state index in [0.717, 1.165) is 21.9 Å². The Hall–Kier alpha value is -4.56. The number of hydrogen-bond acceptors (Lipinski definition) is 5. The van der Waals surface area contributed by atoms with E-state index in [2.05, 4.69) is 0 Å². The molecule has 0 saturated carbocycles. The number of benzene rings is 4. The molecule has 0 aliphatic carbocycles. The first kappa shape index (κ1) is 28.6. The summed E-state index contributed by atoms with van der Waals surface area (Å²) in [5, 5.41) is 2.48. The normalized spacial score (nSPS) is 18.9. The summed E-state index contributed by atoms with van der Waals surface area (Å²) in [6.07, 6.45) is 0.778. The topological polar surface area (TPSA) is 102 Å². The molecule has 1 fully saturated rings. The van der Waals surface area contributed by atoms with E-state index >= 15 is 0 Å². The monoisotopic (exact) mass is 597 g/mol. The molecule has 0 bridgehead atoms. The smallest absolute Gasteiger partial charge is 0.250 e. The van der Waals surface area contributed by atoms with Gasteiger partial charge in [-0.2, -0.15) is 0 Å². The summed E-state index contributed by atoms with van der Waals surface area (Å²) in [4.78, 5) is 44.8. The Morgan fingerprint density at radius 3 is 2.56 bits per heavy atom. The Kier molecular flexibility index (Phi) is 7.95. The molecule has 4 aromatic rings. The van der Waals surface area contributed by atoms with Gasteiger partial charge in [0.1, 0.15) is 12.1 Å². The van der Waals surface area contributed by atoms with Gasteiger partial charge in [-0.25, -0.2) is 0 Å². The number of nitrogens with two attached hydrogens (primary N) is 1. The highest BCUT2D eigenvalue weighted by Gasteiger charge is 2.43. The van der Waals surface area contributed by atoms with E-state index in [0.29, 0.717) is 28.5 Å². The second kappa shape index (κ2) is 12.0. The Morgan fingerprint density at radius 1 is 0.977 bits per heavy atom. The molecule has 8 nitrogen and oxygen atoms in total. The Balaban J connectivity index is 1.36. The van der Waals surface area contributed by atoms with Gasteiger partial charge in [0.2, 0.25) is 18.6 Å². The minimum absolute atomic E-state index is 0.0561. The van der Waals surface area contributed by atoms with Crippen molar-refractivity contribution in [3.63, 3.8) is 0 Å². The number of nitrogens with zero attached hydrogens (tertiary/aromatic N) is 2. The molecule has 2 heterocycles. The molecule has 0 aromatic heterocycles. The highest BCUT2D eigenvalue weighted by molar-refractivity contribution is 6.30. The molecule has 0 spiro atoms. The van der Waals surface area contributed by atoms with Crippen LogP contribution in [0.2, 0.25) is 5.02 Å². The van der Waals surface area contributed by atoms with Crippen molar-refractivity contribution in [1.29, 1.82) is 0 Å². The molecule has 4 aromatic carbocycles. The molecule has 0 unspecified atom stereocenters. The number of rotatable bonds is 7. The lowest BCUT2D eigenvalue weighted by Crippen LogP contribution is -2.52. The van der Waals surface area contributed by atoms with Gasteiger partial charge in [0.05, 0.1) is 6.42 Å². The third-order valence-corrected chi connectivity index (χ3v) is 8.54. The van der Waals surface area contributed by atoms with Gasteiger partial charge < -0.3 is 25.0 Å². The average Bonchev–Trinajstić information content (AvgIpc) is 3.42. The highest BCUT2D eigenvalue weighted by Crippen LogP contribution is 2.35. The Bertz CT molecular complexity index is 1700. The first-order valence-electron chi connectivity index (χ1n) is 14.3. The zero-order valence-corrected chi connectivity index (χ0v) is 24.5. The summed E-state index contributed by atoms with van der Waals surface area (Å²) in [7, 11) is 0. The van der Waals surface area contributed by atoms with Crippen LogP contribution < -0.4 is 15.2 Å². The fourth-order valence-electron chi connectivity index (χ4n) is 6.14. The van der Waals surface area contributed by atoms with Gasteiger partial charge in [0.15, 0.2) is 11.5 Å². The molecule has 9 heteroatoms. The molecule has 2 N–H and O–H groups in total. The van der Waals surface area contributed by atoms with Crippen LogP contribution in [0, 0.1) is 0 Å². The highest BCUT2D eigenvalue weighted by atomic mass is 35.5. The largest absolute Gasteiger partial charge is 0.454 e.